The highest BCUT2D eigenvalue weighted by Gasteiger charge is 2.11. The van der Waals surface area contributed by atoms with Gasteiger partial charge in [-0.2, -0.15) is 0 Å². The van der Waals surface area contributed by atoms with Crippen LogP contribution in [0.15, 0.2) is 48.8 Å². The monoisotopic (exact) mass is 245 g/mol. The van der Waals surface area contributed by atoms with Gasteiger partial charge in [0.25, 0.3) is 0 Å². The van der Waals surface area contributed by atoms with Crippen molar-refractivity contribution in [1.29, 1.82) is 0 Å². The van der Waals surface area contributed by atoms with Gasteiger partial charge in [0, 0.05) is 18.3 Å². The Morgan fingerprint density at radius 3 is 2.33 bits per heavy atom. The molecule has 0 saturated carbocycles. The number of aliphatic hydroxyl groups is 1. The maximum absolute atomic E-state index is 9.36. The summed E-state index contributed by atoms with van der Waals surface area (Å²) >= 11 is 0. The Balaban J connectivity index is 1.97. The molecule has 0 aliphatic carbocycles. The molecule has 2 N–H and O–H groups in total. The van der Waals surface area contributed by atoms with Crippen molar-refractivity contribution < 1.29 is 14.9 Å². The van der Waals surface area contributed by atoms with Crippen molar-refractivity contribution in [2.75, 3.05) is 13.2 Å². The first kappa shape index (κ1) is 12.4. The molecular weight excluding hydrogens is 230 g/mol. The number of phenolic OH excluding ortho intramolecular Hbond substituents is 1. The van der Waals surface area contributed by atoms with Crippen LogP contribution in [0.1, 0.15) is 11.5 Å². The van der Waals surface area contributed by atoms with Crippen LogP contribution in [0.25, 0.3) is 0 Å². The van der Waals surface area contributed by atoms with Crippen molar-refractivity contribution in [3.8, 4) is 11.5 Å². The first-order valence-corrected chi connectivity index (χ1v) is 5.72. The van der Waals surface area contributed by atoms with E-state index in [1.165, 1.54) is 0 Å². The first-order valence-electron chi connectivity index (χ1n) is 5.72. The Morgan fingerprint density at radius 1 is 1.06 bits per heavy atom. The maximum Gasteiger partial charge on any atom is 0.119 e. The Bertz CT molecular complexity index is 470. The highest BCUT2D eigenvalue weighted by molar-refractivity contribution is 5.30. The standard InChI is InChI=1S/C14H15NO3/c16-9-12(11-5-7-15-8-6-11)10-18-14-3-1-13(17)2-4-14/h1-8,12,16-17H,9-10H2. The average Bonchev–Trinajstić information content (AvgIpc) is 2.43. The molecule has 4 heteroatoms. The van der Waals surface area contributed by atoms with Gasteiger partial charge in [0.2, 0.25) is 0 Å². The second-order valence-corrected chi connectivity index (χ2v) is 3.96. The van der Waals surface area contributed by atoms with Crippen LogP contribution >= 0.6 is 0 Å². The Kier molecular flexibility index (Phi) is 4.15. The second-order valence-electron chi connectivity index (χ2n) is 3.96. The molecule has 1 aromatic heterocycles. The number of aromatic hydroxyl groups is 1. The van der Waals surface area contributed by atoms with E-state index < -0.39 is 0 Å². The van der Waals surface area contributed by atoms with Gasteiger partial charge in [-0.1, -0.05) is 0 Å². The van der Waals surface area contributed by atoms with Crippen LogP contribution in [-0.4, -0.2) is 28.4 Å². The van der Waals surface area contributed by atoms with Gasteiger partial charge in [0.15, 0.2) is 0 Å². The molecule has 18 heavy (non-hydrogen) atoms. The van der Waals surface area contributed by atoms with Crippen LogP contribution in [0.3, 0.4) is 0 Å². The quantitative estimate of drug-likeness (QED) is 0.845. The molecule has 94 valence electrons. The lowest BCUT2D eigenvalue weighted by Gasteiger charge is -2.15. The van der Waals surface area contributed by atoms with Gasteiger partial charge >= 0.3 is 0 Å². The van der Waals surface area contributed by atoms with E-state index in [1.54, 1.807) is 36.7 Å². The van der Waals surface area contributed by atoms with Crippen LogP contribution in [-0.2, 0) is 0 Å². The zero-order valence-corrected chi connectivity index (χ0v) is 9.86. The molecule has 0 radical (unpaired) electrons. The molecule has 0 saturated heterocycles. The van der Waals surface area contributed by atoms with Crippen molar-refractivity contribution in [3.05, 3.63) is 54.4 Å². The fraction of sp³-hybridized carbons (Fsp3) is 0.214. The molecule has 0 spiro atoms. The SMILES string of the molecule is OCC(COc1ccc(O)cc1)c1ccncc1. The third-order valence-electron chi connectivity index (χ3n) is 2.69. The fourth-order valence-corrected chi connectivity index (χ4v) is 1.63. The molecule has 0 aliphatic rings. The van der Waals surface area contributed by atoms with Gasteiger partial charge in [0.05, 0.1) is 13.2 Å². The number of rotatable bonds is 5. The number of ether oxygens (including phenoxy) is 1. The summed E-state index contributed by atoms with van der Waals surface area (Å²) in [6, 6.07) is 10.2. The molecule has 2 rings (SSSR count). The summed E-state index contributed by atoms with van der Waals surface area (Å²) in [4.78, 5) is 3.94. The van der Waals surface area contributed by atoms with E-state index in [0.29, 0.717) is 12.4 Å². The second kappa shape index (κ2) is 6.02. The minimum absolute atomic E-state index is 0.0160. The van der Waals surface area contributed by atoms with E-state index in [-0.39, 0.29) is 18.3 Å². The number of hydrogen-bond acceptors (Lipinski definition) is 4. The van der Waals surface area contributed by atoms with E-state index >= 15 is 0 Å². The predicted molar refractivity (Wildman–Crippen MR) is 67.7 cm³/mol. The Morgan fingerprint density at radius 2 is 1.72 bits per heavy atom. The molecule has 1 aromatic carbocycles. The lowest BCUT2D eigenvalue weighted by atomic mass is 10.0. The third kappa shape index (κ3) is 3.21. The highest BCUT2D eigenvalue weighted by Crippen LogP contribution is 2.19. The van der Waals surface area contributed by atoms with Crippen LogP contribution in [0, 0.1) is 0 Å². The van der Waals surface area contributed by atoms with Crippen molar-refractivity contribution in [2.45, 2.75) is 5.92 Å². The molecule has 2 aromatic rings. The van der Waals surface area contributed by atoms with Crippen molar-refractivity contribution in [3.63, 3.8) is 0 Å². The number of aromatic nitrogens is 1. The van der Waals surface area contributed by atoms with E-state index in [2.05, 4.69) is 4.98 Å². The predicted octanol–water partition coefficient (Wildman–Crippen LogP) is 1.94. The molecule has 0 aliphatic heterocycles. The number of aliphatic hydroxyl groups excluding tert-OH is 1. The molecule has 1 atom stereocenters. The van der Waals surface area contributed by atoms with Crippen molar-refractivity contribution in [1.82, 2.24) is 4.98 Å². The Hall–Kier alpha value is -2.07. The van der Waals surface area contributed by atoms with Gasteiger partial charge in [-0.25, -0.2) is 0 Å². The highest BCUT2D eigenvalue weighted by atomic mass is 16.5. The van der Waals surface area contributed by atoms with Gasteiger partial charge in [-0.05, 0) is 42.0 Å². The van der Waals surface area contributed by atoms with Gasteiger partial charge in [-0.3, -0.25) is 4.98 Å². The summed E-state index contributed by atoms with van der Waals surface area (Å²) in [6.45, 7) is 0.396. The number of phenols is 1. The molecule has 1 heterocycles. The summed E-state index contributed by atoms with van der Waals surface area (Å²) in [5, 5.41) is 18.5. The summed E-state index contributed by atoms with van der Waals surface area (Å²) in [5.74, 6) is 0.789. The lowest BCUT2D eigenvalue weighted by molar-refractivity contribution is 0.205. The van der Waals surface area contributed by atoms with E-state index in [9.17, 15) is 5.11 Å². The van der Waals surface area contributed by atoms with Crippen LogP contribution in [0.4, 0.5) is 0 Å². The Labute approximate surface area is 106 Å². The normalized spacial score (nSPS) is 12.1. The number of hydrogen-bond donors (Lipinski definition) is 2. The molecular formula is C14H15NO3. The minimum atomic E-state index is -0.0817. The largest absolute Gasteiger partial charge is 0.508 e. The van der Waals surface area contributed by atoms with Crippen molar-refractivity contribution in [2.24, 2.45) is 0 Å². The smallest absolute Gasteiger partial charge is 0.119 e. The van der Waals surface area contributed by atoms with E-state index in [1.807, 2.05) is 12.1 Å². The molecule has 1 unspecified atom stereocenters. The molecule has 0 fully saturated rings. The first-order chi connectivity index (χ1) is 8.79. The van der Waals surface area contributed by atoms with Gasteiger partial charge in [0.1, 0.15) is 11.5 Å². The van der Waals surface area contributed by atoms with Crippen LogP contribution < -0.4 is 4.74 Å². The number of benzene rings is 1. The topological polar surface area (TPSA) is 62.6 Å². The van der Waals surface area contributed by atoms with Crippen LogP contribution in [0.5, 0.6) is 11.5 Å². The molecule has 0 bridgehead atoms. The minimum Gasteiger partial charge on any atom is -0.508 e. The zero-order valence-electron chi connectivity index (χ0n) is 9.86. The molecule has 4 nitrogen and oxygen atoms in total. The molecule has 0 amide bonds. The lowest BCUT2D eigenvalue weighted by Crippen LogP contribution is -2.14. The van der Waals surface area contributed by atoms with E-state index in [4.69, 9.17) is 9.84 Å². The van der Waals surface area contributed by atoms with E-state index in [0.717, 1.165) is 5.56 Å². The van der Waals surface area contributed by atoms with Gasteiger partial charge < -0.3 is 14.9 Å². The maximum atomic E-state index is 9.36. The average molecular weight is 245 g/mol. The number of nitrogens with zero attached hydrogens (tertiary/aromatic N) is 1. The fourth-order valence-electron chi connectivity index (χ4n) is 1.63. The van der Waals surface area contributed by atoms with Crippen LogP contribution in [0.2, 0.25) is 0 Å². The summed E-state index contributed by atoms with van der Waals surface area (Å²) in [7, 11) is 0. The van der Waals surface area contributed by atoms with Crippen molar-refractivity contribution >= 4 is 0 Å². The zero-order chi connectivity index (χ0) is 12.8. The van der Waals surface area contributed by atoms with Gasteiger partial charge in [-0.15, -0.1) is 0 Å². The summed E-state index contributed by atoms with van der Waals surface area (Å²) < 4.78 is 5.58. The summed E-state index contributed by atoms with van der Waals surface area (Å²) in [6.07, 6.45) is 3.39. The third-order valence-corrected chi connectivity index (χ3v) is 2.69. The number of pyridine rings is 1. The summed E-state index contributed by atoms with van der Waals surface area (Å²) in [5.41, 5.74) is 0.992.